The quantitative estimate of drug-likeness (QED) is 0.622. The minimum absolute atomic E-state index is 0.0326. The van der Waals surface area contributed by atoms with Crippen LogP contribution >= 0.6 is 0 Å². The standard InChI is InChI=1S/C19H17F2N5O2/c1-9-13-4-10(20)2-3-16(13)28-12-5-11(6-12)24-19(27)14-7-22-26-8-15(21)17(23-9)25-18(14)26/h2-4,7-9,11-12H,5-6H2,1H3,(H,23,25)(H,24,27)/t9-,11?,12?/m1/s1. The number of nitrogens with one attached hydrogen (secondary N) is 2. The lowest BCUT2D eigenvalue weighted by molar-refractivity contribution is 0.0695. The number of carbonyl (C=O) groups excluding carboxylic acids is 1. The van der Waals surface area contributed by atoms with Gasteiger partial charge in [0, 0.05) is 24.4 Å². The van der Waals surface area contributed by atoms with E-state index in [1.807, 2.05) is 0 Å². The summed E-state index contributed by atoms with van der Waals surface area (Å²) < 4.78 is 35.6. The van der Waals surface area contributed by atoms with Crippen molar-refractivity contribution >= 4 is 17.4 Å². The van der Waals surface area contributed by atoms with Gasteiger partial charge in [-0.3, -0.25) is 4.79 Å². The number of hydrogen-bond donors (Lipinski definition) is 2. The van der Waals surface area contributed by atoms with Crippen LogP contribution in [0.4, 0.5) is 14.6 Å². The van der Waals surface area contributed by atoms with E-state index in [4.69, 9.17) is 4.74 Å². The highest BCUT2D eigenvalue weighted by atomic mass is 19.1. The van der Waals surface area contributed by atoms with Gasteiger partial charge in [-0.15, -0.1) is 0 Å². The molecule has 144 valence electrons. The highest BCUT2D eigenvalue weighted by molar-refractivity contribution is 6.00. The van der Waals surface area contributed by atoms with Gasteiger partial charge >= 0.3 is 0 Å². The Morgan fingerprint density at radius 3 is 2.89 bits per heavy atom. The van der Waals surface area contributed by atoms with Crippen LogP contribution in [-0.4, -0.2) is 32.7 Å². The second kappa shape index (κ2) is 6.15. The fourth-order valence-corrected chi connectivity index (χ4v) is 3.62. The Morgan fingerprint density at radius 1 is 1.25 bits per heavy atom. The molecule has 0 spiro atoms. The van der Waals surface area contributed by atoms with Crippen molar-refractivity contribution in [1.29, 1.82) is 0 Å². The summed E-state index contributed by atoms with van der Waals surface area (Å²) in [6.07, 6.45) is 3.74. The van der Waals surface area contributed by atoms with E-state index in [2.05, 4.69) is 20.7 Å². The Morgan fingerprint density at radius 2 is 2.07 bits per heavy atom. The third kappa shape index (κ3) is 2.74. The molecule has 4 bridgehead atoms. The van der Waals surface area contributed by atoms with Crippen molar-refractivity contribution in [2.24, 2.45) is 0 Å². The zero-order valence-electron chi connectivity index (χ0n) is 14.9. The number of anilines is 1. The van der Waals surface area contributed by atoms with Crippen LogP contribution in [0.15, 0.2) is 30.6 Å². The lowest BCUT2D eigenvalue weighted by Crippen LogP contribution is -2.49. The molecule has 6 rings (SSSR count). The predicted molar refractivity (Wildman–Crippen MR) is 96.3 cm³/mol. The van der Waals surface area contributed by atoms with Gasteiger partial charge in [-0.1, -0.05) is 0 Å². The summed E-state index contributed by atoms with van der Waals surface area (Å²) in [5.41, 5.74) is 1.08. The highest BCUT2D eigenvalue weighted by Crippen LogP contribution is 2.34. The Bertz CT molecular complexity index is 1090. The van der Waals surface area contributed by atoms with Crippen LogP contribution in [0.3, 0.4) is 0 Å². The van der Waals surface area contributed by atoms with Crippen molar-refractivity contribution in [2.45, 2.75) is 38.0 Å². The first kappa shape index (κ1) is 16.9. The van der Waals surface area contributed by atoms with Crippen molar-refractivity contribution in [3.63, 3.8) is 0 Å². The Labute approximate surface area is 158 Å². The number of nitrogens with zero attached hydrogens (tertiary/aromatic N) is 3. The summed E-state index contributed by atoms with van der Waals surface area (Å²) in [6, 6.07) is 3.76. The maximum atomic E-state index is 14.5. The van der Waals surface area contributed by atoms with E-state index < -0.39 is 17.7 Å². The third-order valence-corrected chi connectivity index (χ3v) is 5.21. The zero-order chi connectivity index (χ0) is 19.4. The van der Waals surface area contributed by atoms with Crippen LogP contribution in [0.25, 0.3) is 5.65 Å². The molecule has 0 radical (unpaired) electrons. The molecule has 1 amide bonds. The van der Waals surface area contributed by atoms with Crippen LogP contribution in [0.2, 0.25) is 0 Å². The number of hydrogen-bond acceptors (Lipinski definition) is 5. The lowest BCUT2D eigenvalue weighted by Gasteiger charge is -2.36. The molecule has 3 aromatic rings. The summed E-state index contributed by atoms with van der Waals surface area (Å²) in [5, 5.41) is 9.90. The topological polar surface area (TPSA) is 80.5 Å². The first-order valence-electron chi connectivity index (χ1n) is 9.05. The van der Waals surface area contributed by atoms with E-state index >= 15 is 0 Å². The minimum Gasteiger partial charge on any atom is -0.490 e. The van der Waals surface area contributed by atoms with Crippen LogP contribution in [-0.2, 0) is 0 Å². The average molecular weight is 385 g/mol. The second-order valence-electron chi connectivity index (χ2n) is 7.19. The van der Waals surface area contributed by atoms with Crippen LogP contribution < -0.4 is 15.4 Å². The number of benzene rings is 1. The van der Waals surface area contributed by atoms with Crippen molar-refractivity contribution in [2.75, 3.05) is 5.32 Å². The molecule has 2 N–H and O–H groups in total. The van der Waals surface area contributed by atoms with Crippen molar-refractivity contribution in [1.82, 2.24) is 19.9 Å². The fourth-order valence-electron chi connectivity index (χ4n) is 3.62. The fraction of sp³-hybridized carbons (Fsp3) is 0.316. The third-order valence-electron chi connectivity index (χ3n) is 5.21. The van der Waals surface area contributed by atoms with Crippen molar-refractivity contribution in [3.8, 4) is 5.75 Å². The molecule has 28 heavy (non-hydrogen) atoms. The van der Waals surface area contributed by atoms with Crippen molar-refractivity contribution < 1.29 is 18.3 Å². The predicted octanol–water partition coefficient (Wildman–Crippen LogP) is 2.83. The monoisotopic (exact) mass is 385 g/mol. The molecule has 1 fully saturated rings. The van der Waals surface area contributed by atoms with E-state index in [0.29, 0.717) is 24.2 Å². The Hall–Kier alpha value is -3.23. The van der Waals surface area contributed by atoms with E-state index in [9.17, 15) is 13.6 Å². The summed E-state index contributed by atoms with van der Waals surface area (Å²) in [7, 11) is 0. The molecule has 9 heteroatoms. The summed E-state index contributed by atoms with van der Waals surface area (Å²) in [4.78, 5) is 16.8. The van der Waals surface area contributed by atoms with Gasteiger partial charge in [-0.05, 0) is 25.1 Å². The molecule has 1 aromatic carbocycles. The summed E-state index contributed by atoms with van der Waals surface area (Å²) in [5.74, 6) is -0.871. The molecule has 7 nitrogen and oxygen atoms in total. The molecule has 0 unspecified atom stereocenters. The first-order chi connectivity index (χ1) is 13.5. The first-order valence-corrected chi connectivity index (χ1v) is 9.05. The maximum absolute atomic E-state index is 14.5. The minimum atomic E-state index is -0.636. The number of carbonyl (C=O) groups is 1. The normalized spacial score (nSPS) is 23.8. The molecule has 0 saturated heterocycles. The molecular weight excluding hydrogens is 368 g/mol. The van der Waals surface area contributed by atoms with E-state index in [1.165, 1.54) is 22.8 Å². The van der Waals surface area contributed by atoms with Gasteiger partial charge in [0.15, 0.2) is 17.3 Å². The maximum Gasteiger partial charge on any atom is 0.256 e. The van der Waals surface area contributed by atoms with Crippen molar-refractivity contribution in [3.05, 3.63) is 53.4 Å². The van der Waals surface area contributed by atoms with Gasteiger partial charge in [-0.2, -0.15) is 5.10 Å². The van der Waals surface area contributed by atoms with E-state index in [0.717, 1.165) is 6.20 Å². The number of ether oxygens (including phenoxy) is 1. The van der Waals surface area contributed by atoms with Crippen LogP contribution in [0, 0.1) is 11.6 Å². The molecular formula is C19H17F2N5O2. The van der Waals surface area contributed by atoms with Gasteiger partial charge in [0.05, 0.1) is 18.4 Å². The van der Waals surface area contributed by atoms with Gasteiger partial charge in [0.2, 0.25) is 0 Å². The molecule has 1 atom stereocenters. The van der Waals surface area contributed by atoms with Gasteiger partial charge < -0.3 is 15.4 Å². The zero-order valence-corrected chi connectivity index (χ0v) is 14.9. The van der Waals surface area contributed by atoms with E-state index in [1.54, 1.807) is 13.0 Å². The molecule has 1 aliphatic carbocycles. The van der Waals surface area contributed by atoms with Crippen LogP contribution in [0.1, 0.15) is 41.7 Å². The number of aromatic nitrogens is 3. The van der Waals surface area contributed by atoms with Gasteiger partial charge in [-0.25, -0.2) is 18.3 Å². The highest BCUT2D eigenvalue weighted by Gasteiger charge is 2.34. The Balaban J connectivity index is 1.63. The summed E-state index contributed by atoms with van der Waals surface area (Å²) in [6.45, 7) is 1.77. The number of rotatable bonds is 0. The average Bonchev–Trinajstić information content (AvgIpc) is 3.03. The van der Waals surface area contributed by atoms with E-state index in [-0.39, 0.29) is 35.1 Å². The molecule has 2 aromatic heterocycles. The molecule has 4 heterocycles. The molecule has 3 aliphatic rings. The number of halogens is 2. The van der Waals surface area contributed by atoms with Gasteiger partial charge in [0.1, 0.15) is 23.2 Å². The molecule has 2 aliphatic heterocycles. The number of amides is 1. The van der Waals surface area contributed by atoms with Gasteiger partial charge in [0.25, 0.3) is 5.91 Å². The SMILES string of the molecule is C[C@H]1Nc2nc3c(cnn3cc2F)C(=O)NC2CC(C2)Oc2ccc(F)cc21. The Kier molecular flexibility index (Phi) is 3.71. The molecule has 1 saturated carbocycles. The largest absolute Gasteiger partial charge is 0.490 e. The number of fused-ring (bicyclic) bond motifs is 2. The lowest BCUT2D eigenvalue weighted by atomic mass is 9.88. The summed E-state index contributed by atoms with van der Waals surface area (Å²) >= 11 is 0. The second-order valence-corrected chi connectivity index (χ2v) is 7.19. The van der Waals surface area contributed by atoms with Crippen LogP contribution in [0.5, 0.6) is 5.75 Å². The smallest absolute Gasteiger partial charge is 0.256 e.